The van der Waals surface area contributed by atoms with Gasteiger partial charge in [0.25, 0.3) is 0 Å². The van der Waals surface area contributed by atoms with Crippen molar-refractivity contribution < 1.29 is 4.74 Å². The summed E-state index contributed by atoms with van der Waals surface area (Å²) in [6, 6.07) is 20.3. The van der Waals surface area contributed by atoms with Gasteiger partial charge in [-0.2, -0.15) is 5.10 Å². The van der Waals surface area contributed by atoms with E-state index >= 15 is 0 Å². The Hall–Kier alpha value is -3.51. The maximum atomic E-state index is 5.43. The molecule has 0 fully saturated rings. The van der Waals surface area contributed by atoms with Crippen molar-refractivity contribution in [3.8, 4) is 22.7 Å². The molecular weight excluding hydrogens is 374 g/mol. The molecule has 0 saturated heterocycles. The standard InChI is InChI=1S/C24H25N5O/c1-18(23-12-13-25-17-26-23)28(2)15-20-16-29(21-9-5-4-6-10-21)27-24(20)19-8-7-11-22(14-19)30-3/h4-14,16-18H,15H2,1-3H3/t18-/m0/s1. The number of benzene rings is 2. The van der Waals surface area contributed by atoms with E-state index < -0.39 is 0 Å². The fourth-order valence-electron chi connectivity index (χ4n) is 3.43. The SMILES string of the molecule is COc1cccc(-c2nn(-c3ccccc3)cc2CN(C)[C@@H](C)c2ccncn2)c1. The summed E-state index contributed by atoms with van der Waals surface area (Å²) in [7, 11) is 3.78. The smallest absolute Gasteiger partial charge is 0.119 e. The highest BCUT2D eigenvalue weighted by Gasteiger charge is 2.18. The average Bonchev–Trinajstić information content (AvgIpc) is 3.23. The molecule has 0 spiro atoms. The van der Waals surface area contributed by atoms with E-state index in [-0.39, 0.29) is 6.04 Å². The number of methoxy groups -OCH3 is 1. The molecule has 152 valence electrons. The Morgan fingerprint density at radius 3 is 2.63 bits per heavy atom. The second-order valence-electron chi connectivity index (χ2n) is 7.24. The van der Waals surface area contributed by atoms with Crippen LogP contribution in [0.2, 0.25) is 0 Å². The van der Waals surface area contributed by atoms with Gasteiger partial charge in [-0.15, -0.1) is 0 Å². The average molecular weight is 399 g/mol. The van der Waals surface area contributed by atoms with E-state index in [1.165, 1.54) is 0 Å². The molecule has 0 saturated carbocycles. The lowest BCUT2D eigenvalue weighted by atomic mass is 10.1. The lowest BCUT2D eigenvalue weighted by Gasteiger charge is -2.24. The summed E-state index contributed by atoms with van der Waals surface area (Å²) in [5.41, 5.74) is 5.13. The zero-order valence-electron chi connectivity index (χ0n) is 17.4. The Kier molecular flexibility index (Phi) is 5.86. The van der Waals surface area contributed by atoms with E-state index in [1.54, 1.807) is 19.6 Å². The van der Waals surface area contributed by atoms with E-state index in [2.05, 4.69) is 53.2 Å². The lowest BCUT2D eigenvalue weighted by molar-refractivity contribution is 0.248. The number of aromatic nitrogens is 4. The van der Waals surface area contributed by atoms with Crippen molar-refractivity contribution in [3.63, 3.8) is 0 Å². The fourth-order valence-corrected chi connectivity index (χ4v) is 3.43. The minimum atomic E-state index is 0.145. The Labute approximate surface area is 176 Å². The molecule has 30 heavy (non-hydrogen) atoms. The molecule has 0 amide bonds. The van der Waals surface area contributed by atoms with Gasteiger partial charge in [0, 0.05) is 36.1 Å². The van der Waals surface area contributed by atoms with Gasteiger partial charge < -0.3 is 4.74 Å². The number of hydrogen-bond acceptors (Lipinski definition) is 5. The Bertz CT molecular complexity index is 1100. The third-order valence-electron chi connectivity index (χ3n) is 5.27. The van der Waals surface area contributed by atoms with Gasteiger partial charge >= 0.3 is 0 Å². The zero-order chi connectivity index (χ0) is 20.9. The third kappa shape index (κ3) is 4.23. The van der Waals surface area contributed by atoms with Crippen LogP contribution in [-0.4, -0.2) is 38.8 Å². The van der Waals surface area contributed by atoms with Crippen LogP contribution in [0, 0.1) is 0 Å². The number of nitrogens with zero attached hydrogens (tertiary/aromatic N) is 5. The fraction of sp³-hybridized carbons (Fsp3) is 0.208. The molecule has 0 aliphatic rings. The van der Waals surface area contributed by atoms with Crippen molar-refractivity contribution >= 4 is 0 Å². The Morgan fingerprint density at radius 2 is 1.90 bits per heavy atom. The van der Waals surface area contributed by atoms with Crippen LogP contribution in [0.25, 0.3) is 16.9 Å². The first-order chi connectivity index (χ1) is 14.7. The summed E-state index contributed by atoms with van der Waals surface area (Å²) >= 11 is 0. The molecule has 4 rings (SSSR count). The van der Waals surface area contributed by atoms with Gasteiger partial charge in [-0.1, -0.05) is 30.3 Å². The number of rotatable bonds is 7. The van der Waals surface area contributed by atoms with Gasteiger partial charge in [-0.25, -0.2) is 14.6 Å². The van der Waals surface area contributed by atoms with E-state index in [9.17, 15) is 0 Å². The third-order valence-corrected chi connectivity index (χ3v) is 5.27. The molecule has 1 atom stereocenters. The van der Waals surface area contributed by atoms with Crippen molar-refractivity contribution in [2.24, 2.45) is 0 Å². The first kappa shape index (κ1) is 19.8. The number of ether oxygens (including phenoxy) is 1. The Morgan fingerprint density at radius 1 is 1.07 bits per heavy atom. The van der Waals surface area contributed by atoms with Crippen molar-refractivity contribution in [2.75, 3.05) is 14.2 Å². The van der Waals surface area contributed by atoms with Crippen molar-refractivity contribution in [3.05, 3.63) is 90.6 Å². The van der Waals surface area contributed by atoms with Crippen LogP contribution in [0.3, 0.4) is 0 Å². The van der Waals surface area contributed by atoms with E-state index in [0.29, 0.717) is 0 Å². The van der Waals surface area contributed by atoms with Crippen molar-refractivity contribution in [2.45, 2.75) is 19.5 Å². The monoisotopic (exact) mass is 399 g/mol. The first-order valence-corrected chi connectivity index (χ1v) is 9.90. The summed E-state index contributed by atoms with van der Waals surface area (Å²) in [5, 5.41) is 4.92. The van der Waals surface area contributed by atoms with Gasteiger partial charge in [-0.05, 0) is 44.3 Å². The van der Waals surface area contributed by atoms with Gasteiger partial charge in [0.2, 0.25) is 0 Å². The van der Waals surface area contributed by atoms with Crippen LogP contribution in [0.5, 0.6) is 5.75 Å². The van der Waals surface area contributed by atoms with E-state index in [0.717, 1.165) is 40.5 Å². The summed E-state index contributed by atoms with van der Waals surface area (Å²) in [6.07, 6.45) is 5.48. The maximum absolute atomic E-state index is 5.43. The van der Waals surface area contributed by atoms with Crippen LogP contribution in [0.4, 0.5) is 0 Å². The second kappa shape index (κ2) is 8.88. The molecule has 6 nitrogen and oxygen atoms in total. The minimum absolute atomic E-state index is 0.145. The normalized spacial score (nSPS) is 12.1. The highest BCUT2D eigenvalue weighted by Crippen LogP contribution is 2.29. The Balaban J connectivity index is 1.70. The number of hydrogen-bond donors (Lipinski definition) is 0. The predicted molar refractivity (Wildman–Crippen MR) is 117 cm³/mol. The molecule has 6 heteroatoms. The van der Waals surface area contributed by atoms with Gasteiger partial charge in [0.05, 0.1) is 24.2 Å². The largest absolute Gasteiger partial charge is 0.497 e. The molecule has 0 bridgehead atoms. The van der Waals surface area contributed by atoms with Crippen LogP contribution in [0.15, 0.2) is 79.4 Å². The molecule has 4 aromatic rings. The summed E-state index contributed by atoms with van der Waals surface area (Å²) in [6.45, 7) is 2.87. The van der Waals surface area contributed by atoms with Gasteiger partial charge in [0.1, 0.15) is 12.1 Å². The van der Waals surface area contributed by atoms with Crippen molar-refractivity contribution in [1.82, 2.24) is 24.6 Å². The molecule has 0 radical (unpaired) electrons. The minimum Gasteiger partial charge on any atom is -0.497 e. The van der Waals surface area contributed by atoms with Crippen LogP contribution in [-0.2, 0) is 6.54 Å². The molecular formula is C24H25N5O. The van der Waals surface area contributed by atoms with Crippen LogP contribution < -0.4 is 4.74 Å². The predicted octanol–water partition coefficient (Wildman–Crippen LogP) is 4.53. The summed E-state index contributed by atoms with van der Waals surface area (Å²) in [4.78, 5) is 10.7. The molecule has 2 heterocycles. The van der Waals surface area contributed by atoms with E-state index in [4.69, 9.17) is 9.84 Å². The first-order valence-electron chi connectivity index (χ1n) is 9.90. The molecule has 0 aliphatic carbocycles. The second-order valence-corrected chi connectivity index (χ2v) is 7.24. The maximum Gasteiger partial charge on any atom is 0.119 e. The highest BCUT2D eigenvalue weighted by molar-refractivity contribution is 5.65. The zero-order valence-corrected chi connectivity index (χ0v) is 17.4. The summed E-state index contributed by atoms with van der Waals surface area (Å²) < 4.78 is 7.36. The quantitative estimate of drug-likeness (QED) is 0.457. The van der Waals surface area contributed by atoms with Crippen LogP contribution >= 0.6 is 0 Å². The highest BCUT2D eigenvalue weighted by atomic mass is 16.5. The van der Waals surface area contributed by atoms with Gasteiger partial charge in [0.15, 0.2) is 0 Å². The number of para-hydroxylation sites is 1. The molecule has 0 unspecified atom stereocenters. The molecule has 0 aliphatic heterocycles. The summed E-state index contributed by atoms with van der Waals surface area (Å²) in [5.74, 6) is 0.815. The molecule has 2 aromatic carbocycles. The lowest BCUT2D eigenvalue weighted by Crippen LogP contribution is -2.22. The topological polar surface area (TPSA) is 56.1 Å². The van der Waals surface area contributed by atoms with Crippen LogP contribution in [0.1, 0.15) is 24.2 Å². The van der Waals surface area contributed by atoms with E-state index in [1.807, 2.05) is 47.1 Å². The molecule has 0 N–H and O–H groups in total. The van der Waals surface area contributed by atoms with Crippen molar-refractivity contribution in [1.29, 1.82) is 0 Å². The molecule has 2 aromatic heterocycles. The van der Waals surface area contributed by atoms with Gasteiger partial charge in [-0.3, -0.25) is 4.90 Å².